The van der Waals surface area contributed by atoms with E-state index in [4.69, 9.17) is 10.00 Å². The SMILES string of the molecule is CCOC(=O)C(F)(F)C1CN(C(=O)OC(C)(C)C)C1CC#N. The highest BCUT2D eigenvalue weighted by Gasteiger charge is 2.60. The molecular weight excluding hydrogens is 298 g/mol. The predicted octanol–water partition coefficient (Wildman–Crippen LogP) is 2.33. The zero-order valence-corrected chi connectivity index (χ0v) is 13.1. The van der Waals surface area contributed by atoms with Crippen LogP contribution in [0.3, 0.4) is 0 Å². The second kappa shape index (κ2) is 6.46. The van der Waals surface area contributed by atoms with Gasteiger partial charge in [0.15, 0.2) is 0 Å². The zero-order valence-electron chi connectivity index (χ0n) is 13.1. The number of amides is 1. The Kier molecular flexibility index (Phi) is 5.33. The number of hydrogen-bond acceptors (Lipinski definition) is 5. The van der Waals surface area contributed by atoms with Gasteiger partial charge >= 0.3 is 18.0 Å². The van der Waals surface area contributed by atoms with Crippen molar-refractivity contribution in [1.82, 2.24) is 4.90 Å². The lowest BCUT2D eigenvalue weighted by Crippen LogP contribution is -2.66. The standard InChI is InChI=1S/C14H20F2N2O4/c1-5-21-11(19)14(15,16)9-8-18(10(9)6-7-17)12(20)22-13(2,3)4/h9-10H,5-6,8H2,1-4H3. The van der Waals surface area contributed by atoms with Crippen molar-refractivity contribution in [2.24, 2.45) is 5.92 Å². The summed E-state index contributed by atoms with van der Waals surface area (Å²) in [5.41, 5.74) is -0.775. The molecular formula is C14H20F2N2O4. The van der Waals surface area contributed by atoms with Gasteiger partial charge in [0.2, 0.25) is 0 Å². The third-order valence-corrected chi connectivity index (χ3v) is 3.20. The number of nitriles is 1. The molecule has 0 aromatic carbocycles. The van der Waals surface area contributed by atoms with Crippen LogP contribution in [0.4, 0.5) is 13.6 Å². The van der Waals surface area contributed by atoms with Crippen LogP contribution in [-0.4, -0.2) is 47.7 Å². The number of likely N-dealkylation sites (tertiary alicyclic amines) is 1. The lowest BCUT2D eigenvalue weighted by atomic mass is 9.81. The summed E-state index contributed by atoms with van der Waals surface area (Å²) in [6.07, 6.45) is -1.08. The van der Waals surface area contributed by atoms with Gasteiger partial charge in [-0.2, -0.15) is 14.0 Å². The van der Waals surface area contributed by atoms with Gasteiger partial charge in [0, 0.05) is 6.54 Å². The summed E-state index contributed by atoms with van der Waals surface area (Å²) in [5, 5.41) is 8.77. The number of rotatable bonds is 4. The molecule has 1 aliphatic rings. The van der Waals surface area contributed by atoms with Gasteiger partial charge in [0.05, 0.1) is 31.1 Å². The van der Waals surface area contributed by atoms with Crippen LogP contribution in [0.15, 0.2) is 0 Å². The average molecular weight is 318 g/mol. The quantitative estimate of drug-likeness (QED) is 0.743. The van der Waals surface area contributed by atoms with Crippen molar-refractivity contribution in [3.63, 3.8) is 0 Å². The summed E-state index contributed by atoms with van der Waals surface area (Å²) in [7, 11) is 0. The van der Waals surface area contributed by atoms with E-state index in [1.807, 2.05) is 0 Å². The summed E-state index contributed by atoms with van der Waals surface area (Å²) < 4.78 is 37.5. The molecule has 0 bridgehead atoms. The van der Waals surface area contributed by atoms with Gasteiger partial charge in [-0.15, -0.1) is 0 Å². The lowest BCUT2D eigenvalue weighted by molar-refractivity contribution is -0.197. The van der Waals surface area contributed by atoms with E-state index in [9.17, 15) is 18.4 Å². The molecule has 1 aliphatic heterocycles. The number of carbonyl (C=O) groups is 2. The van der Waals surface area contributed by atoms with E-state index in [0.717, 1.165) is 4.90 Å². The van der Waals surface area contributed by atoms with Crippen molar-refractivity contribution in [3.8, 4) is 6.07 Å². The molecule has 1 amide bonds. The number of esters is 1. The van der Waals surface area contributed by atoms with Gasteiger partial charge < -0.3 is 14.4 Å². The highest BCUT2D eigenvalue weighted by molar-refractivity contribution is 5.79. The Labute approximate surface area is 128 Å². The molecule has 1 heterocycles. The fourth-order valence-electron chi connectivity index (χ4n) is 2.16. The Morgan fingerprint density at radius 3 is 2.41 bits per heavy atom. The van der Waals surface area contributed by atoms with Gasteiger partial charge in [-0.1, -0.05) is 0 Å². The number of alkyl halides is 2. The summed E-state index contributed by atoms with van der Waals surface area (Å²) >= 11 is 0. The fourth-order valence-corrected chi connectivity index (χ4v) is 2.16. The molecule has 8 heteroatoms. The fraction of sp³-hybridized carbons (Fsp3) is 0.786. The van der Waals surface area contributed by atoms with Crippen molar-refractivity contribution >= 4 is 12.1 Å². The first-order chi connectivity index (χ1) is 10.0. The Morgan fingerprint density at radius 2 is 1.95 bits per heavy atom. The van der Waals surface area contributed by atoms with Crippen LogP contribution in [0.25, 0.3) is 0 Å². The molecule has 22 heavy (non-hydrogen) atoms. The highest BCUT2D eigenvalue weighted by Crippen LogP contribution is 2.40. The molecule has 2 unspecified atom stereocenters. The maximum absolute atomic E-state index is 14.0. The highest BCUT2D eigenvalue weighted by atomic mass is 19.3. The number of halogens is 2. The van der Waals surface area contributed by atoms with Crippen molar-refractivity contribution < 1.29 is 27.8 Å². The summed E-state index contributed by atoms with van der Waals surface area (Å²) in [4.78, 5) is 24.3. The number of ether oxygens (including phenoxy) is 2. The minimum absolute atomic E-state index is 0.167. The largest absolute Gasteiger partial charge is 0.462 e. The summed E-state index contributed by atoms with van der Waals surface area (Å²) in [5.74, 6) is -6.82. The molecule has 0 radical (unpaired) electrons. The normalized spacial score (nSPS) is 21.6. The summed E-state index contributed by atoms with van der Waals surface area (Å²) in [6, 6.07) is 0.685. The van der Waals surface area contributed by atoms with Crippen molar-refractivity contribution in [1.29, 1.82) is 5.26 Å². The zero-order chi connectivity index (χ0) is 17.1. The molecule has 0 aliphatic carbocycles. The Hall–Kier alpha value is -1.91. The number of carbonyl (C=O) groups excluding carboxylic acids is 2. The average Bonchev–Trinajstić information content (AvgIpc) is 2.32. The minimum Gasteiger partial charge on any atom is -0.462 e. The van der Waals surface area contributed by atoms with E-state index in [1.165, 1.54) is 6.92 Å². The smallest absolute Gasteiger partial charge is 0.410 e. The monoisotopic (exact) mass is 318 g/mol. The Bertz CT molecular complexity index is 482. The van der Waals surface area contributed by atoms with Crippen molar-refractivity contribution in [2.45, 2.75) is 51.7 Å². The molecule has 1 rings (SSSR count). The molecule has 0 N–H and O–H groups in total. The Morgan fingerprint density at radius 1 is 1.36 bits per heavy atom. The van der Waals surface area contributed by atoms with Crippen molar-refractivity contribution in [2.75, 3.05) is 13.2 Å². The van der Waals surface area contributed by atoms with E-state index in [-0.39, 0.29) is 19.6 Å². The first-order valence-corrected chi connectivity index (χ1v) is 6.96. The molecule has 0 aromatic heterocycles. The third kappa shape index (κ3) is 3.84. The van der Waals surface area contributed by atoms with Crippen LogP contribution in [0.2, 0.25) is 0 Å². The van der Waals surface area contributed by atoms with E-state index in [1.54, 1.807) is 26.8 Å². The van der Waals surface area contributed by atoms with Gasteiger partial charge in [0.1, 0.15) is 5.60 Å². The molecule has 2 atom stereocenters. The van der Waals surface area contributed by atoms with Crippen LogP contribution in [0, 0.1) is 17.2 Å². The van der Waals surface area contributed by atoms with E-state index in [0.29, 0.717) is 0 Å². The Balaban J connectivity index is 2.84. The van der Waals surface area contributed by atoms with Gasteiger partial charge in [-0.3, -0.25) is 0 Å². The molecule has 0 saturated carbocycles. The molecule has 124 valence electrons. The molecule has 0 spiro atoms. The molecule has 1 saturated heterocycles. The van der Waals surface area contributed by atoms with Crippen LogP contribution >= 0.6 is 0 Å². The van der Waals surface area contributed by atoms with E-state index < -0.39 is 35.5 Å². The van der Waals surface area contributed by atoms with Crippen LogP contribution in [-0.2, 0) is 14.3 Å². The van der Waals surface area contributed by atoms with E-state index in [2.05, 4.69) is 4.74 Å². The third-order valence-electron chi connectivity index (χ3n) is 3.20. The van der Waals surface area contributed by atoms with Gasteiger partial charge in [-0.25, -0.2) is 9.59 Å². The first kappa shape index (κ1) is 18.1. The number of nitrogens with zero attached hydrogens (tertiary/aromatic N) is 2. The minimum atomic E-state index is -3.74. The summed E-state index contributed by atoms with van der Waals surface area (Å²) in [6.45, 7) is 5.85. The van der Waals surface area contributed by atoms with Gasteiger partial charge in [-0.05, 0) is 27.7 Å². The second-order valence-corrected chi connectivity index (χ2v) is 6.01. The molecule has 1 fully saturated rings. The topological polar surface area (TPSA) is 79.6 Å². The van der Waals surface area contributed by atoms with Gasteiger partial charge in [0.25, 0.3) is 0 Å². The van der Waals surface area contributed by atoms with E-state index >= 15 is 0 Å². The molecule has 0 aromatic rings. The predicted molar refractivity (Wildman–Crippen MR) is 72.0 cm³/mol. The molecule has 6 nitrogen and oxygen atoms in total. The maximum atomic E-state index is 14.0. The number of hydrogen-bond donors (Lipinski definition) is 0. The maximum Gasteiger partial charge on any atom is 0.410 e. The second-order valence-electron chi connectivity index (χ2n) is 6.01. The van der Waals surface area contributed by atoms with Crippen LogP contribution in [0.5, 0.6) is 0 Å². The van der Waals surface area contributed by atoms with Crippen molar-refractivity contribution in [3.05, 3.63) is 0 Å². The lowest BCUT2D eigenvalue weighted by Gasteiger charge is -2.48. The van der Waals surface area contributed by atoms with Crippen LogP contribution in [0.1, 0.15) is 34.1 Å². The first-order valence-electron chi connectivity index (χ1n) is 6.96. The van der Waals surface area contributed by atoms with Crippen LogP contribution < -0.4 is 0 Å².